The third-order valence-corrected chi connectivity index (χ3v) is 2.55. The maximum absolute atomic E-state index is 12.2. The van der Waals surface area contributed by atoms with Crippen LogP contribution in [0.15, 0.2) is 12.1 Å². The summed E-state index contributed by atoms with van der Waals surface area (Å²) in [6, 6.07) is 0. The molecule has 82 valence electrons. The normalized spacial score (nSPS) is 17.5. The maximum Gasteiger partial charge on any atom is 0.506 e. The molecule has 1 rings (SSSR count). The summed E-state index contributed by atoms with van der Waals surface area (Å²) < 4.78 is 36.7. The SMILES string of the molecule is C=C(CN(CC)CC1CC1)[B-](F)(F)F. The standard InChI is InChI=1S/C9H16BF3N/c1-3-14(7-9-4-5-9)6-8(2)10(11,12)13/h9H,2-7H2,1H3/q-1. The third kappa shape index (κ3) is 3.74. The quantitative estimate of drug-likeness (QED) is 0.604. The van der Waals surface area contributed by atoms with E-state index in [0.29, 0.717) is 12.5 Å². The fraction of sp³-hybridized carbons (Fsp3) is 0.778. The molecule has 1 aliphatic rings. The zero-order valence-electron chi connectivity index (χ0n) is 8.48. The van der Waals surface area contributed by atoms with Crippen molar-refractivity contribution in [1.82, 2.24) is 4.90 Å². The van der Waals surface area contributed by atoms with E-state index in [-0.39, 0.29) is 6.54 Å². The van der Waals surface area contributed by atoms with Gasteiger partial charge in [-0.2, -0.15) is 0 Å². The highest BCUT2D eigenvalue weighted by atomic mass is 19.4. The minimum atomic E-state index is -4.85. The molecule has 1 aliphatic carbocycles. The minimum Gasteiger partial charge on any atom is -0.445 e. The Balaban J connectivity index is 2.34. The molecule has 0 aromatic carbocycles. The van der Waals surface area contributed by atoms with E-state index in [0.717, 1.165) is 6.54 Å². The van der Waals surface area contributed by atoms with Gasteiger partial charge in [0.25, 0.3) is 0 Å². The molecule has 0 heterocycles. The van der Waals surface area contributed by atoms with Crippen molar-refractivity contribution in [3.05, 3.63) is 12.1 Å². The average molecular weight is 206 g/mol. The van der Waals surface area contributed by atoms with Crippen LogP contribution in [0.5, 0.6) is 0 Å². The second-order valence-corrected chi connectivity index (χ2v) is 4.00. The molecule has 0 aromatic heterocycles. The second-order valence-electron chi connectivity index (χ2n) is 4.00. The first-order valence-corrected chi connectivity index (χ1v) is 5.03. The van der Waals surface area contributed by atoms with E-state index < -0.39 is 12.4 Å². The van der Waals surface area contributed by atoms with E-state index in [1.54, 1.807) is 0 Å². The summed E-state index contributed by atoms with van der Waals surface area (Å²) in [5.41, 5.74) is -0.576. The molecule has 0 N–H and O–H groups in total. The fourth-order valence-electron chi connectivity index (χ4n) is 1.36. The van der Waals surface area contributed by atoms with Gasteiger partial charge >= 0.3 is 6.98 Å². The van der Waals surface area contributed by atoms with Gasteiger partial charge in [0, 0.05) is 6.54 Å². The van der Waals surface area contributed by atoms with E-state index in [1.165, 1.54) is 12.8 Å². The molecule has 0 radical (unpaired) electrons. The predicted octanol–water partition coefficient (Wildman–Crippen LogP) is 2.66. The van der Waals surface area contributed by atoms with Crippen molar-refractivity contribution in [1.29, 1.82) is 0 Å². The van der Waals surface area contributed by atoms with Crippen LogP contribution in [0, 0.1) is 5.92 Å². The molecule has 5 heteroatoms. The minimum absolute atomic E-state index is 0.0174. The van der Waals surface area contributed by atoms with Gasteiger partial charge in [-0.05, 0) is 31.8 Å². The van der Waals surface area contributed by atoms with Gasteiger partial charge in [-0.3, -0.25) is 0 Å². The van der Waals surface area contributed by atoms with E-state index >= 15 is 0 Å². The summed E-state index contributed by atoms with van der Waals surface area (Å²) in [6.07, 6.45) is 2.33. The van der Waals surface area contributed by atoms with Crippen LogP contribution in [-0.4, -0.2) is 31.5 Å². The number of halogens is 3. The zero-order valence-corrected chi connectivity index (χ0v) is 8.48. The lowest BCUT2D eigenvalue weighted by atomic mass is 9.80. The lowest BCUT2D eigenvalue weighted by molar-refractivity contribution is 0.297. The van der Waals surface area contributed by atoms with Gasteiger partial charge in [-0.1, -0.05) is 6.92 Å². The molecule has 0 saturated heterocycles. The molecule has 0 aliphatic heterocycles. The second kappa shape index (κ2) is 4.38. The molecular formula is C9H16BF3N-. The molecule has 0 aromatic rings. The van der Waals surface area contributed by atoms with Crippen molar-refractivity contribution in [2.45, 2.75) is 19.8 Å². The number of rotatable bonds is 6. The van der Waals surface area contributed by atoms with Crippen LogP contribution in [0.1, 0.15) is 19.8 Å². The zero-order chi connectivity index (χ0) is 10.8. The molecule has 0 amide bonds. The summed E-state index contributed by atoms with van der Waals surface area (Å²) >= 11 is 0. The van der Waals surface area contributed by atoms with E-state index in [1.807, 2.05) is 11.8 Å². The summed E-state index contributed by atoms with van der Waals surface area (Å²) in [4.78, 5) is 1.83. The van der Waals surface area contributed by atoms with Crippen LogP contribution >= 0.6 is 0 Å². The first-order valence-electron chi connectivity index (χ1n) is 5.03. The number of hydrogen-bond donors (Lipinski definition) is 0. The highest BCUT2D eigenvalue weighted by molar-refractivity contribution is 6.66. The van der Waals surface area contributed by atoms with Crippen LogP contribution in [0.2, 0.25) is 0 Å². The fourth-order valence-corrected chi connectivity index (χ4v) is 1.36. The Morgan fingerprint density at radius 1 is 1.43 bits per heavy atom. The summed E-state index contributed by atoms with van der Waals surface area (Å²) in [6.45, 7) is 1.58. The first-order chi connectivity index (χ1) is 6.43. The van der Waals surface area contributed by atoms with Crippen LogP contribution < -0.4 is 0 Å². The molecule has 14 heavy (non-hydrogen) atoms. The number of hydrogen-bond acceptors (Lipinski definition) is 1. The van der Waals surface area contributed by atoms with E-state index in [4.69, 9.17) is 0 Å². The van der Waals surface area contributed by atoms with Gasteiger partial charge in [0.05, 0.1) is 0 Å². The Morgan fingerprint density at radius 2 is 2.00 bits per heavy atom. The predicted molar refractivity (Wildman–Crippen MR) is 53.1 cm³/mol. The average Bonchev–Trinajstić information content (AvgIpc) is 2.85. The van der Waals surface area contributed by atoms with Crippen LogP contribution in [-0.2, 0) is 0 Å². The Morgan fingerprint density at radius 3 is 2.36 bits per heavy atom. The van der Waals surface area contributed by atoms with Gasteiger partial charge in [-0.15, -0.1) is 12.1 Å². The summed E-state index contributed by atoms with van der Waals surface area (Å²) in [5.74, 6) is 0.628. The van der Waals surface area contributed by atoms with Gasteiger partial charge in [0.2, 0.25) is 0 Å². The van der Waals surface area contributed by atoms with Crippen molar-refractivity contribution in [3.63, 3.8) is 0 Å². The van der Waals surface area contributed by atoms with Crippen molar-refractivity contribution < 1.29 is 12.9 Å². The van der Waals surface area contributed by atoms with Gasteiger partial charge in [0.1, 0.15) is 0 Å². The Hall–Kier alpha value is -0.445. The Labute approximate surface area is 83.0 Å². The molecule has 0 atom stereocenters. The smallest absolute Gasteiger partial charge is 0.445 e. The van der Waals surface area contributed by atoms with Crippen molar-refractivity contribution >= 4 is 6.98 Å². The Bertz CT molecular complexity index is 211. The van der Waals surface area contributed by atoms with Crippen LogP contribution in [0.3, 0.4) is 0 Å². The molecule has 1 fully saturated rings. The molecule has 1 nitrogen and oxygen atoms in total. The van der Waals surface area contributed by atoms with Crippen LogP contribution in [0.4, 0.5) is 12.9 Å². The molecule has 1 saturated carbocycles. The third-order valence-electron chi connectivity index (χ3n) is 2.55. The number of likely N-dealkylation sites (N-methyl/N-ethyl adjacent to an activating group) is 1. The highest BCUT2D eigenvalue weighted by Gasteiger charge is 2.29. The molecule has 0 bridgehead atoms. The highest BCUT2D eigenvalue weighted by Crippen LogP contribution is 2.30. The largest absolute Gasteiger partial charge is 0.506 e. The van der Waals surface area contributed by atoms with Gasteiger partial charge < -0.3 is 17.8 Å². The number of nitrogens with zero attached hydrogens (tertiary/aromatic N) is 1. The molecular weight excluding hydrogens is 190 g/mol. The van der Waals surface area contributed by atoms with E-state index in [9.17, 15) is 12.9 Å². The topological polar surface area (TPSA) is 3.24 Å². The van der Waals surface area contributed by atoms with Crippen molar-refractivity contribution in [2.75, 3.05) is 19.6 Å². The van der Waals surface area contributed by atoms with Gasteiger partial charge in [-0.25, -0.2) is 0 Å². The van der Waals surface area contributed by atoms with Gasteiger partial charge in [0.15, 0.2) is 0 Å². The molecule has 0 spiro atoms. The van der Waals surface area contributed by atoms with Crippen molar-refractivity contribution in [3.8, 4) is 0 Å². The Kier molecular flexibility index (Phi) is 3.64. The summed E-state index contributed by atoms with van der Waals surface area (Å²) in [7, 11) is 0. The monoisotopic (exact) mass is 206 g/mol. The lowest BCUT2D eigenvalue weighted by Gasteiger charge is -2.26. The first kappa shape index (κ1) is 11.6. The van der Waals surface area contributed by atoms with Crippen molar-refractivity contribution in [2.24, 2.45) is 5.92 Å². The molecule has 0 unspecified atom stereocenters. The summed E-state index contributed by atoms with van der Waals surface area (Å²) in [5, 5.41) is 0. The van der Waals surface area contributed by atoms with Crippen LogP contribution in [0.25, 0.3) is 0 Å². The maximum atomic E-state index is 12.2. The lowest BCUT2D eigenvalue weighted by Crippen LogP contribution is -2.33. The van der Waals surface area contributed by atoms with E-state index in [2.05, 4.69) is 6.58 Å².